The number of hydrogen-bond donors (Lipinski definition) is 0. The van der Waals surface area contributed by atoms with E-state index in [-0.39, 0.29) is 0 Å². The van der Waals surface area contributed by atoms with Crippen LogP contribution >= 0.6 is 0 Å². The number of rotatable bonds is 6. The van der Waals surface area contributed by atoms with E-state index in [1.54, 1.807) is 26.9 Å². The van der Waals surface area contributed by atoms with Crippen molar-refractivity contribution in [1.29, 1.82) is 0 Å². The van der Waals surface area contributed by atoms with E-state index in [9.17, 15) is 0 Å². The quantitative estimate of drug-likeness (QED) is 0.727. The highest BCUT2D eigenvalue weighted by Crippen LogP contribution is 2.44. The van der Waals surface area contributed by atoms with E-state index >= 15 is 0 Å². The van der Waals surface area contributed by atoms with Gasteiger partial charge in [-0.2, -0.15) is 0 Å². The Kier molecular flexibility index (Phi) is 4.98. The van der Waals surface area contributed by atoms with Gasteiger partial charge in [-0.15, -0.1) is 0 Å². The summed E-state index contributed by atoms with van der Waals surface area (Å²) in [5.74, 6) is 0.426. The summed E-state index contributed by atoms with van der Waals surface area (Å²) in [6.07, 6.45) is 5.01. The molecule has 0 spiro atoms. The Labute approximate surface area is 110 Å². The molecule has 0 amide bonds. The maximum absolute atomic E-state index is 5.41. The zero-order valence-electron chi connectivity index (χ0n) is 11.8. The van der Waals surface area contributed by atoms with Gasteiger partial charge in [0.25, 0.3) is 0 Å². The van der Waals surface area contributed by atoms with Crippen LogP contribution in [0.4, 0.5) is 0 Å². The van der Waals surface area contributed by atoms with Crippen molar-refractivity contribution in [3.8, 4) is 0 Å². The van der Waals surface area contributed by atoms with Crippen molar-refractivity contribution in [2.75, 3.05) is 41.2 Å². The summed E-state index contributed by atoms with van der Waals surface area (Å²) in [5.41, 5.74) is 5.89. The molecule has 3 nitrogen and oxygen atoms in total. The first kappa shape index (κ1) is 13.8. The fraction of sp³-hybridized carbons (Fsp3) is 0.733. The Morgan fingerprint density at radius 1 is 0.944 bits per heavy atom. The van der Waals surface area contributed by atoms with Gasteiger partial charge >= 0.3 is 0 Å². The lowest BCUT2D eigenvalue weighted by molar-refractivity contribution is 0.160. The first-order valence-corrected chi connectivity index (χ1v) is 6.74. The van der Waals surface area contributed by atoms with Crippen LogP contribution in [0.5, 0.6) is 0 Å². The number of methoxy groups -OCH3 is 3. The van der Waals surface area contributed by atoms with Crippen LogP contribution in [0.1, 0.15) is 25.7 Å². The molecule has 0 saturated carbocycles. The molecule has 0 radical (unpaired) electrons. The Hall–Kier alpha value is -0.640. The molecule has 102 valence electrons. The summed E-state index contributed by atoms with van der Waals surface area (Å²) in [7, 11) is 5.31. The van der Waals surface area contributed by atoms with Gasteiger partial charge in [-0.3, -0.25) is 0 Å². The van der Waals surface area contributed by atoms with Crippen molar-refractivity contribution in [3.05, 3.63) is 22.3 Å². The van der Waals surface area contributed by atoms with E-state index in [2.05, 4.69) is 0 Å². The van der Waals surface area contributed by atoms with Crippen LogP contribution in [-0.4, -0.2) is 41.2 Å². The molecule has 0 saturated heterocycles. The lowest BCUT2D eigenvalue weighted by Crippen LogP contribution is -2.16. The molecule has 2 rings (SSSR count). The van der Waals surface area contributed by atoms with Crippen LogP contribution in [0.25, 0.3) is 0 Å². The largest absolute Gasteiger partial charge is 0.384 e. The summed E-state index contributed by atoms with van der Waals surface area (Å²) in [6, 6.07) is 0. The molecule has 0 aromatic rings. The van der Waals surface area contributed by atoms with E-state index in [4.69, 9.17) is 14.2 Å². The fourth-order valence-electron chi connectivity index (χ4n) is 3.31. The van der Waals surface area contributed by atoms with Crippen LogP contribution in [-0.2, 0) is 14.2 Å². The molecule has 3 heteroatoms. The van der Waals surface area contributed by atoms with Gasteiger partial charge in [-0.25, -0.2) is 0 Å². The second kappa shape index (κ2) is 6.50. The van der Waals surface area contributed by atoms with Gasteiger partial charge in [0.2, 0.25) is 0 Å². The molecule has 2 aliphatic rings. The molecule has 0 aromatic heterocycles. The monoisotopic (exact) mass is 252 g/mol. The third kappa shape index (κ3) is 2.53. The number of hydrogen-bond acceptors (Lipinski definition) is 3. The van der Waals surface area contributed by atoms with Crippen molar-refractivity contribution >= 4 is 0 Å². The molecule has 1 unspecified atom stereocenters. The maximum atomic E-state index is 5.41. The second-order valence-electron chi connectivity index (χ2n) is 5.09. The molecular formula is C15H24O3. The minimum atomic E-state index is 0.426. The lowest BCUT2D eigenvalue weighted by atomic mass is 9.87. The third-order valence-corrected chi connectivity index (χ3v) is 4.03. The van der Waals surface area contributed by atoms with Gasteiger partial charge in [0.05, 0.1) is 19.8 Å². The van der Waals surface area contributed by atoms with Crippen LogP contribution in [0.15, 0.2) is 22.3 Å². The predicted molar refractivity (Wildman–Crippen MR) is 71.6 cm³/mol. The van der Waals surface area contributed by atoms with Gasteiger partial charge in [0.1, 0.15) is 0 Å². The minimum Gasteiger partial charge on any atom is -0.384 e. The summed E-state index contributed by atoms with van der Waals surface area (Å²) < 4.78 is 16.2. The highest BCUT2D eigenvalue weighted by atomic mass is 16.5. The zero-order chi connectivity index (χ0) is 13.0. The second-order valence-corrected chi connectivity index (χ2v) is 5.09. The van der Waals surface area contributed by atoms with Gasteiger partial charge in [0, 0.05) is 27.2 Å². The molecule has 0 aromatic carbocycles. The van der Waals surface area contributed by atoms with E-state index in [1.165, 1.54) is 42.4 Å². The minimum absolute atomic E-state index is 0.426. The van der Waals surface area contributed by atoms with E-state index in [0.29, 0.717) is 19.1 Å². The molecule has 18 heavy (non-hydrogen) atoms. The van der Waals surface area contributed by atoms with Crippen molar-refractivity contribution in [2.45, 2.75) is 25.7 Å². The van der Waals surface area contributed by atoms with Crippen LogP contribution < -0.4 is 0 Å². The fourth-order valence-corrected chi connectivity index (χ4v) is 3.31. The molecular weight excluding hydrogens is 228 g/mol. The first-order valence-electron chi connectivity index (χ1n) is 6.74. The molecule has 0 N–H and O–H groups in total. The standard InChI is InChI=1S/C15H24O3/c1-16-8-13-11-6-4-5-7-12(11)14(9-17-2)15(13)10-18-3/h13H,4-10H2,1-3H3. The van der Waals surface area contributed by atoms with Gasteiger partial charge in [-0.05, 0) is 42.4 Å². The highest BCUT2D eigenvalue weighted by molar-refractivity contribution is 5.51. The third-order valence-electron chi connectivity index (χ3n) is 4.03. The van der Waals surface area contributed by atoms with Crippen molar-refractivity contribution in [3.63, 3.8) is 0 Å². The Morgan fingerprint density at radius 3 is 2.33 bits per heavy atom. The Morgan fingerprint density at radius 2 is 1.67 bits per heavy atom. The molecule has 0 heterocycles. The SMILES string of the molecule is COCC1=C(COC)C(COC)C2=C1CCCC2. The molecule has 2 aliphatic carbocycles. The average Bonchev–Trinajstić information content (AvgIpc) is 2.67. The zero-order valence-corrected chi connectivity index (χ0v) is 11.8. The number of ether oxygens (including phenoxy) is 3. The smallest absolute Gasteiger partial charge is 0.0716 e. The molecule has 0 fully saturated rings. The normalized spacial score (nSPS) is 23.8. The van der Waals surface area contributed by atoms with Gasteiger partial charge in [-0.1, -0.05) is 5.57 Å². The summed E-state index contributed by atoms with van der Waals surface area (Å²) in [5, 5.41) is 0. The van der Waals surface area contributed by atoms with Crippen LogP contribution in [0.3, 0.4) is 0 Å². The van der Waals surface area contributed by atoms with Crippen molar-refractivity contribution < 1.29 is 14.2 Å². The van der Waals surface area contributed by atoms with E-state index in [0.717, 1.165) is 6.61 Å². The summed E-state index contributed by atoms with van der Waals surface area (Å²) >= 11 is 0. The lowest BCUT2D eigenvalue weighted by Gasteiger charge is -2.21. The summed E-state index contributed by atoms with van der Waals surface area (Å²) in [6.45, 7) is 2.17. The first-order chi connectivity index (χ1) is 8.83. The summed E-state index contributed by atoms with van der Waals surface area (Å²) in [4.78, 5) is 0. The topological polar surface area (TPSA) is 27.7 Å². The predicted octanol–water partition coefficient (Wildman–Crippen LogP) is 2.72. The Balaban J connectivity index is 2.32. The molecule has 1 atom stereocenters. The Bertz CT molecular complexity index is 355. The van der Waals surface area contributed by atoms with E-state index < -0.39 is 0 Å². The highest BCUT2D eigenvalue weighted by Gasteiger charge is 2.34. The maximum Gasteiger partial charge on any atom is 0.0716 e. The average molecular weight is 252 g/mol. The molecule has 0 aliphatic heterocycles. The van der Waals surface area contributed by atoms with Gasteiger partial charge < -0.3 is 14.2 Å². The molecule has 0 bridgehead atoms. The van der Waals surface area contributed by atoms with E-state index in [1.807, 2.05) is 0 Å². The van der Waals surface area contributed by atoms with Gasteiger partial charge in [0.15, 0.2) is 0 Å². The van der Waals surface area contributed by atoms with Crippen LogP contribution in [0.2, 0.25) is 0 Å². The van der Waals surface area contributed by atoms with Crippen molar-refractivity contribution in [1.82, 2.24) is 0 Å². The van der Waals surface area contributed by atoms with Crippen molar-refractivity contribution in [2.24, 2.45) is 5.92 Å². The van der Waals surface area contributed by atoms with Crippen LogP contribution in [0, 0.1) is 5.92 Å².